The highest BCUT2D eigenvalue weighted by molar-refractivity contribution is 5.98. The molecule has 266 valence electrons. The number of amides is 3. The van der Waals surface area contributed by atoms with Gasteiger partial charge in [-0.2, -0.15) is 0 Å². The van der Waals surface area contributed by atoms with Crippen molar-refractivity contribution in [2.45, 2.75) is 91.1 Å². The van der Waals surface area contributed by atoms with Crippen molar-refractivity contribution in [1.29, 1.82) is 0 Å². The highest BCUT2D eigenvalue weighted by Gasteiger charge is 2.35. The summed E-state index contributed by atoms with van der Waals surface area (Å²) in [7, 11) is 0. The van der Waals surface area contributed by atoms with Gasteiger partial charge >= 0.3 is 12.1 Å². The molecule has 0 radical (unpaired) electrons. The summed E-state index contributed by atoms with van der Waals surface area (Å²) in [6, 6.07) is 14.4. The Morgan fingerprint density at radius 3 is 2.27 bits per heavy atom. The van der Waals surface area contributed by atoms with E-state index in [-0.39, 0.29) is 25.6 Å². The van der Waals surface area contributed by atoms with Crippen molar-refractivity contribution >= 4 is 29.7 Å². The summed E-state index contributed by atoms with van der Waals surface area (Å²) in [5, 5.41) is 7.93. The van der Waals surface area contributed by atoms with Gasteiger partial charge in [0.25, 0.3) is 5.91 Å². The third-order valence-corrected chi connectivity index (χ3v) is 7.02. The van der Waals surface area contributed by atoms with Crippen LogP contribution in [-0.4, -0.2) is 70.4 Å². The van der Waals surface area contributed by atoms with E-state index >= 15 is 0 Å². The van der Waals surface area contributed by atoms with E-state index in [4.69, 9.17) is 18.9 Å². The van der Waals surface area contributed by atoms with Crippen LogP contribution < -0.4 is 20.7 Å². The molecule has 1 aromatic heterocycles. The molecular weight excluding hydrogens is 630 g/mol. The van der Waals surface area contributed by atoms with Crippen LogP contribution in [0, 0.1) is 0 Å². The normalized spacial score (nSPS) is 12.7. The van der Waals surface area contributed by atoms with Gasteiger partial charge in [-0.05, 0) is 71.2 Å². The number of alkyl carbamates (subject to hydrolysis) is 1. The summed E-state index contributed by atoms with van der Waals surface area (Å²) in [5.41, 5.74) is -0.697. The van der Waals surface area contributed by atoms with Crippen LogP contribution in [0.1, 0.15) is 78.5 Å². The van der Waals surface area contributed by atoms with Crippen molar-refractivity contribution in [2.24, 2.45) is 0 Å². The van der Waals surface area contributed by atoms with Crippen molar-refractivity contribution < 1.29 is 38.1 Å². The van der Waals surface area contributed by atoms with Gasteiger partial charge in [0, 0.05) is 6.20 Å². The molecule has 2 atom stereocenters. The van der Waals surface area contributed by atoms with Gasteiger partial charge in [-0.15, -0.1) is 0 Å². The number of benzene rings is 2. The number of nitrogens with zero attached hydrogens (tertiary/aromatic N) is 2. The number of hydrogen-bond donors (Lipinski definition) is 3. The molecule has 0 saturated carbocycles. The molecule has 1 unspecified atom stereocenters. The van der Waals surface area contributed by atoms with Crippen molar-refractivity contribution in [3.05, 3.63) is 78.2 Å². The van der Waals surface area contributed by atoms with E-state index < -0.39 is 47.1 Å². The number of esters is 1. The van der Waals surface area contributed by atoms with Crippen LogP contribution in [0.3, 0.4) is 0 Å². The van der Waals surface area contributed by atoms with Crippen LogP contribution in [0.5, 0.6) is 5.75 Å². The molecule has 3 aromatic rings. The number of nitrogens with one attached hydrogen (secondary N) is 3. The maximum atomic E-state index is 13.6. The van der Waals surface area contributed by atoms with Crippen molar-refractivity contribution in [1.82, 2.24) is 20.2 Å². The third-order valence-electron chi connectivity index (χ3n) is 7.02. The Morgan fingerprint density at radius 2 is 1.63 bits per heavy atom. The quantitative estimate of drug-likeness (QED) is 0.129. The molecule has 0 spiro atoms. The smallest absolute Gasteiger partial charge is 0.408 e. The molecule has 0 aliphatic carbocycles. The van der Waals surface area contributed by atoms with Crippen LogP contribution in [0.2, 0.25) is 0 Å². The van der Waals surface area contributed by atoms with Gasteiger partial charge < -0.3 is 39.5 Å². The molecular formula is C36H49N5O8. The summed E-state index contributed by atoms with van der Waals surface area (Å²) in [6.45, 7) is 12.7. The van der Waals surface area contributed by atoms with Crippen molar-refractivity contribution in [2.75, 3.05) is 25.1 Å². The zero-order valence-electron chi connectivity index (χ0n) is 29.4. The molecule has 13 nitrogen and oxygen atoms in total. The summed E-state index contributed by atoms with van der Waals surface area (Å²) in [6.07, 6.45) is 4.08. The fraction of sp³-hybridized carbons (Fsp3) is 0.472. The Balaban J connectivity index is 1.78. The molecule has 1 heterocycles. The van der Waals surface area contributed by atoms with Gasteiger partial charge in [0.1, 0.15) is 22.9 Å². The first-order chi connectivity index (χ1) is 23.2. The van der Waals surface area contributed by atoms with E-state index in [9.17, 15) is 19.2 Å². The number of rotatable bonds is 17. The van der Waals surface area contributed by atoms with Crippen molar-refractivity contribution in [3.8, 4) is 5.75 Å². The number of ether oxygens (including phenoxy) is 4. The molecule has 3 rings (SSSR count). The average Bonchev–Trinajstić information content (AvgIpc) is 3.48. The number of hydrogen-bond acceptors (Lipinski definition) is 9. The zero-order chi connectivity index (χ0) is 36.0. The first kappa shape index (κ1) is 38.5. The van der Waals surface area contributed by atoms with E-state index in [2.05, 4.69) is 27.9 Å². The monoisotopic (exact) mass is 679 g/mol. The second-order valence-corrected chi connectivity index (χ2v) is 12.9. The molecule has 3 amide bonds. The number of imidazole rings is 1. The zero-order valence-corrected chi connectivity index (χ0v) is 29.4. The van der Waals surface area contributed by atoms with Crippen LogP contribution in [-0.2, 0) is 35.2 Å². The third kappa shape index (κ3) is 12.6. The van der Waals surface area contributed by atoms with E-state index in [1.54, 1.807) is 52.0 Å². The van der Waals surface area contributed by atoms with Crippen LogP contribution >= 0.6 is 0 Å². The number of carbonyl (C=O) groups is 4. The van der Waals surface area contributed by atoms with Gasteiger partial charge in [0.05, 0.1) is 32.8 Å². The summed E-state index contributed by atoms with van der Waals surface area (Å²) in [4.78, 5) is 56.7. The molecule has 0 bridgehead atoms. The van der Waals surface area contributed by atoms with E-state index in [1.165, 1.54) is 30.9 Å². The molecule has 2 aromatic carbocycles. The summed E-state index contributed by atoms with van der Waals surface area (Å²) >= 11 is 0. The topological polar surface area (TPSA) is 159 Å². The summed E-state index contributed by atoms with van der Waals surface area (Å²) < 4.78 is 23.8. The predicted molar refractivity (Wildman–Crippen MR) is 184 cm³/mol. The first-order valence-electron chi connectivity index (χ1n) is 16.4. The SMILES string of the molecule is CCCCOc1ccc(C(C(=O)OCC)n2cnc(NC(=O)[C@@H](COCc3ccccc3)NC(=O)C(C)(C)NC(=O)OC(C)(C)C)c2)cc1. The van der Waals surface area contributed by atoms with E-state index in [0.717, 1.165) is 18.4 Å². The Morgan fingerprint density at radius 1 is 0.939 bits per heavy atom. The van der Waals surface area contributed by atoms with Crippen LogP contribution in [0.4, 0.5) is 10.6 Å². The van der Waals surface area contributed by atoms with Gasteiger partial charge in [0.2, 0.25) is 5.91 Å². The average molecular weight is 680 g/mol. The number of unbranched alkanes of at least 4 members (excludes halogenated alkanes) is 1. The van der Waals surface area contributed by atoms with Gasteiger partial charge in [-0.1, -0.05) is 55.8 Å². The minimum Gasteiger partial charge on any atom is -0.494 e. The first-order valence-corrected chi connectivity index (χ1v) is 16.4. The van der Waals surface area contributed by atoms with Crippen LogP contribution in [0.15, 0.2) is 67.1 Å². The van der Waals surface area contributed by atoms with Gasteiger partial charge in [0.15, 0.2) is 11.9 Å². The van der Waals surface area contributed by atoms with Gasteiger partial charge in [-0.25, -0.2) is 14.6 Å². The maximum absolute atomic E-state index is 13.6. The second kappa shape index (κ2) is 18.0. The summed E-state index contributed by atoms with van der Waals surface area (Å²) in [5.74, 6) is -0.952. The standard InChI is InChI=1S/C36H49N5O8/c1-8-10-20-48-27-18-16-26(17-19-27)30(32(43)47-9-2)41-21-29(37-24-41)39-31(42)28(23-46-22-25-14-12-11-13-15-25)38-33(44)36(6,7)40-34(45)49-35(3,4)5/h11-19,21,24,28,30H,8-10,20,22-23H2,1-7H3,(H,38,44)(H,39,42)(H,40,45)/t28-,30?/m1/s1. The highest BCUT2D eigenvalue weighted by atomic mass is 16.6. The second-order valence-electron chi connectivity index (χ2n) is 12.9. The van der Waals surface area contributed by atoms with Gasteiger partial charge in [-0.3, -0.25) is 9.59 Å². The number of aromatic nitrogens is 2. The lowest BCUT2D eigenvalue weighted by molar-refractivity contribution is -0.145. The Labute approximate surface area is 288 Å². The molecule has 49 heavy (non-hydrogen) atoms. The molecule has 0 fully saturated rings. The van der Waals surface area contributed by atoms with E-state index in [0.29, 0.717) is 17.9 Å². The maximum Gasteiger partial charge on any atom is 0.408 e. The lowest BCUT2D eigenvalue weighted by Crippen LogP contribution is -2.59. The fourth-order valence-electron chi connectivity index (χ4n) is 4.49. The molecule has 13 heteroatoms. The highest BCUT2D eigenvalue weighted by Crippen LogP contribution is 2.24. The lowest BCUT2D eigenvalue weighted by atomic mass is 10.0. The number of carbonyl (C=O) groups excluding carboxylic acids is 4. The predicted octanol–water partition coefficient (Wildman–Crippen LogP) is 5.16. The van der Waals surface area contributed by atoms with E-state index in [1.807, 2.05) is 30.3 Å². The molecule has 0 aliphatic rings. The largest absolute Gasteiger partial charge is 0.494 e. The van der Waals surface area contributed by atoms with Crippen molar-refractivity contribution in [3.63, 3.8) is 0 Å². The fourth-order valence-corrected chi connectivity index (χ4v) is 4.49. The Kier molecular flexibility index (Phi) is 14.2. The Bertz CT molecular complexity index is 1520. The molecule has 3 N–H and O–H groups in total. The molecule has 0 aliphatic heterocycles. The minimum absolute atomic E-state index is 0.132. The van der Waals surface area contributed by atoms with Crippen LogP contribution in [0.25, 0.3) is 0 Å². The minimum atomic E-state index is -1.44. The molecule has 0 saturated heterocycles. The Hall–Kier alpha value is -4.91. The lowest BCUT2D eigenvalue weighted by Gasteiger charge is -2.29. The number of anilines is 1.